The van der Waals surface area contributed by atoms with E-state index in [2.05, 4.69) is 30.2 Å². The molecule has 17 nitrogen and oxygen atoms in total. The van der Waals surface area contributed by atoms with Crippen molar-refractivity contribution in [1.29, 1.82) is 0 Å². The third-order valence-corrected chi connectivity index (χ3v) is 12.9. The van der Waals surface area contributed by atoms with E-state index in [4.69, 9.17) is 15.7 Å². The van der Waals surface area contributed by atoms with Gasteiger partial charge in [-0.15, -0.1) is 0 Å². The second-order valence-electron chi connectivity index (χ2n) is 17.3. The molecule has 3 aromatic carbocycles. The zero-order valence-corrected chi connectivity index (χ0v) is 37.3. The van der Waals surface area contributed by atoms with Gasteiger partial charge in [-0.2, -0.15) is 4.98 Å². The van der Waals surface area contributed by atoms with Crippen LogP contribution >= 0.6 is 0 Å². The molecule has 4 aromatic rings. The summed E-state index contributed by atoms with van der Waals surface area (Å²) in [6.45, 7) is -5.83. The number of carbonyl (C=O) groups is 4. The number of aromatic nitrogens is 2. The molecule has 1 atom stereocenters. The van der Waals surface area contributed by atoms with Crippen LogP contribution in [0.4, 0.5) is 37.6 Å². The summed E-state index contributed by atoms with van der Waals surface area (Å²) < 4.78 is 138. The number of halogens is 2. The molecule has 0 saturated carbocycles. The SMILES string of the molecule is [2H]C1([2H])N(CC2CCN(CCOc3ccc(Nc4ncc(C)c(Nc5cccc(S(=O)(=O)NC(C)(C)C)c5)n4)cc3)CC2)C([2H])([2H])C([2H])([2H])N(c2cc3c(c(F)c2F)C(=O)N(C2CCC(=O)NC2=O)C3=O)C1([2H])[2H]. The minimum atomic E-state index is -3.77. The van der Waals surface area contributed by atoms with E-state index >= 15 is 8.78 Å². The highest BCUT2D eigenvalue weighted by Crippen LogP contribution is 2.36. The number of nitrogens with zero attached hydrogens (tertiary/aromatic N) is 6. The van der Waals surface area contributed by atoms with Crippen LogP contribution in [-0.2, 0) is 19.6 Å². The Kier molecular flexibility index (Phi) is 10.7. The molecule has 66 heavy (non-hydrogen) atoms. The Labute approximate surface area is 393 Å². The first kappa shape index (κ1) is 37.1. The van der Waals surface area contributed by atoms with E-state index in [1.807, 2.05) is 12.2 Å². The highest BCUT2D eigenvalue weighted by atomic mass is 32.2. The van der Waals surface area contributed by atoms with Gasteiger partial charge in [0, 0.05) is 79.7 Å². The van der Waals surface area contributed by atoms with E-state index in [0.29, 0.717) is 71.3 Å². The number of hydrogen-bond acceptors (Lipinski definition) is 14. The molecule has 3 fully saturated rings. The standard InChI is InChI=1S/C46H54F2N10O7S/c1-28-26-49-45(53-41(28)50-31-6-5-7-33(24-31)66(63,64)54-46(2,3)4)51-30-8-10-32(11-9-30)65-23-22-55-16-14-29(15-17-55)27-56-18-20-57(21-19-56)36-25-34-38(40(48)39(36)47)44(62)58(43(34)61)35-12-13-37(59)52-42(35)60/h5-11,24-26,29,35,54H,12-23,27H2,1-4H3,(H,52,59,60)(H2,49,50,51,53)/i18D2,19D2,20D2,21D2. The van der Waals surface area contributed by atoms with Crippen molar-refractivity contribution in [2.45, 2.75) is 69.9 Å². The number of nitrogens with one attached hydrogen (secondary N) is 4. The third-order valence-electron chi connectivity index (χ3n) is 11.2. The monoisotopic (exact) mass is 936 g/mol. The van der Waals surface area contributed by atoms with E-state index in [-0.39, 0.29) is 35.2 Å². The zero-order chi connectivity index (χ0) is 54.1. The maximum absolute atomic E-state index is 16.1. The number of piperidine rings is 2. The van der Waals surface area contributed by atoms with E-state index in [9.17, 15) is 27.6 Å². The number of piperazine rings is 1. The minimum Gasteiger partial charge on any atom is -0.492 e. The summed E-state index contributed by atoms with van der Waals surface area (Å²) in [6, 6.07) is 12.3. The number of ether oxygens (including phenoxy) is 1. The van der Waals surface area contributed by atoms with Crippen LogP contribution in [0.15, 0.2) is 65.7 Å². The fourth-order valence-electron chi connectivity index (χ4n) is 7.87. The lowest BCUT2D eigenvalue weighted by atomic mass is 9.96. The van der Waals surface area contributed by atoms with Crippen LogP contribution in [0.25, 0.3) is 0 Å². The quantitative estimate of drug-likeness (QED) is 0.124. The lowest BCUT2D eigenvalue weighted by Crippen LogP contribution is -2.54. The van der Waals surface area contributed by atoms with E-state index < -0.39 is 112 Å². The summed E-state index contributed by atoms with van der Waals surface area (Å²) in [6.07, 6.45) is 1.78. The van der Waals surface area contributed by atoms with Crippen molar-refractivity contribution < 1.29 is 52.1 Å². The molecule has 4 N–H and O–H groups in total. The smallest absolute Gasteiger partial charge is 0.265 e. The molecule has 4 amide bonds. The first-order chi connectivity index (χ1) is 34.4. The zero-order valence-electron chi connectivity index (χ0n) is 44.5. The van der Waals surface area contributed by atoms with Crippen LogP contribution in [-0.4, -0.2) is 127 Å². The minimum absolute atomic E-state index is 0.0959. The second kappa shape index (κ2) is 19.0. The first-order valence-electron chi connectivity index (χ1n) is 25.2. The largest absolute Gasteiger partial charge is 0.492 e. The Morgan fingerprint density at radius 1 is 0.894 bits per heavy atom. The molecule has 4 aliphatic heterocycles. The Morgan fingerprint density at radius 3 is 2.32 bits per heavy atom. The molecule has 3 saturated heterocycles. The topological polar surface area (TPSA) is 199 Å². The molecule has 8 rings (SSSR count). The Morgan fingerprint density at radius 2 is 1.62 bits per heavy atom. The van der Waals surface area contributed by atoms with Crippen molar-refractivity contribution in [2.24, 2.45) is 5.92 Å². The van der Waals surface area contributed by atoms with Crippen LogP contribution in [0.2, 0.25) is 0 Å². The first-order valence-corrected chi connectivity index (χ1v) is 22.7. The summed E-state index contributed by atoms with van der Waals surface area (Å²) in [5.41, 5.74) is -2.18. The fraction of sp³-hybridized carbons (Fsp3) is 0.435. The molecule has 0 aliphatic carbocycles. The maximum atomic E-state index is 16.1. The van der Waals surface area contributed by atoms with E-state index in [1.54, 1.807) is 63.4 Å². The van der Waals surface area contributed by atoms with Crippen LogP contribution in [0, 0.1) is 24.5 Å². The van der Waals surface area contributed by atoms with Crippen molar-refractivity contribution in [1.82, 2.24) is 34.7 Å². The number of sulfonamides is 1. The Bertz CT molecular complexity index is 2990. The number of benzene rings is 3. The molecule has 0 radical (unpaired) electrons. The summed E-state index contributed by atoms with van der Waals surface area (Å²) in [5.74, 6) is -7.73. The summed E-state index contributed by atoms with van der Waals surface area (Å²) in [7, 11) is -3.77. The van der Waals surface area contributed by atoms with Gasteiger partial charge in [0.1, 0.15) is 24.2 Å². The fourth-order valence-corrected chi connectivity index (χ4v) is 9.33. The average Bonchev–Trinajstić information content (AvgIpc) is 3.55. The van der Waals surface area contributed by atoms with Crippen LogP contribution in [0.3, 0.4) is 0 Å². The van der Waals surface area contributed by atoms with E-state index in [0.717, 1.165) is 5.56 Å². The molecular weight excluding hydrogens is 875 g/mol. The number of hydrogen-bond donors (Lipinski definition) is 4. The van der Waals surface area contributed by atoms with Crippen LogP contribution in [0.1, 0.15) is 83.7 Å². The number of likely N-dealkylation sites (tertiary alicyclic amines) is 1. The van der Waals surface area contributed by atoms with Gasteiger partial charge in [0.05, 0.1) is 27.2 Å². The van der Waals surface area contributed by atoms with Gasteiger partial charge in [-0.1, -0.05) is 6.07 Å². The summed E-state index contributed by atoms with van der Waals surface area (Å²) in [5, 5.41) is 8.28. The lowest BCUT2D eigenvalue weighted by molar-refractivity contribution is -0.136. The number of anilines is 5. The predicted molar refractivity (Wildman–Crippen MR) is 243 cm³/mol. The maximum Gasteiger partial charge on any atom is 0.265 e. The van der Waals surface area contributed by atoms with Gasteiger partial charge in [0.25, 0.3) is 11.8 Å². The second-order valence-corrected chi connectivity index (χ2v) is 19.0. The number of imide groups is 2. The molecule has 1 unspecified atom stereocenters. The van der Waals surface area contributed by atoms with Gasteiger partial charge in [-0.3, -0.25) is 39.2 Å². The van der Waals surface area contributed by atoms with Crippen LogP contribution < -0.4 is 30.3 Å². The molecule has 5 heterocycles. The normalized spacial score (nSPS) is 23.8. The number of amides is 4. The van der Waals surface area contributed by atoms with Crippen molar-refractivity contribution in [3.63, 3.8) is 0 Å². The van der Waals surface area contributed by atoms with Gasteiger partial charge >= 0.3 is 0 Å². The van der Waals surface area contributed by atoms with Crippen LogP contribution in [0.5, 0.6) is 5.75 Å². The summed E-state index contributed by atoms with van der Waals surface area (Å²) in [4.78, 5) is 62.8. The van der Waals surface area contributed by atoms with Gasteiger partial charge in [-0.05, 0) is 114 Å². The number of aryl methyl sites for hydroxylation is 1. The van der Waals surface area contributed by atoms with Crippen molar-refractivity contribution in [2.75, 3.05) is 74.3 Å². The molecule has 1 aromatic heterocycles. The molecule has 0 spiro atoms. The predicted octanol–water partition coefficient (Wildman–Crippen LogP) is 4.94. The Hall–Kier alpha value is -6.09. The van der Waals surface area contributed by atoms with E-state index in [1.165, 1.54) is 12.1 Å². The molecule has 0 bridgehead atoms. The average molecular weight is 937 g/mol. The highest BCUT2D eigenvalue weighted by molar-refractivity contribution is 7.89. The lowest BCUT2D eigenvalue weighted by Gasteiger charge is -2.39. The van der Waals surface area contributed by atoms with Crippen molar-refractivity contribution in [3.8, 4) is 5.75 Å². The van der Waals surface area contributed by atoms with Gasteiger partial charge in [-0.25, -0.2) is 26.9 Å². The number of carbonyl (C=O) groups excluding carboxylic acids is 4. The highest BCUT2D eigenvalue weighted by Gasteiger charge is 2.47. The molecule has 4 aliphatic rings. The number of fused-ring (bicyclic) bond motifs is 1. The van der Waals surface area contributed by atoms with Gasteiger partial charge < -0.3 is 20.3 Å². The number of rotatable bonds is 14. The third kappa shape index (κ3) is 10.5. The van der Waals surface area contributed by atoms with Gasteiger partial charge in [0.2, 0.25) is 27.8 Å². The van der Waals surface area contributed by atoms with Crippen molar-refractivity contribution >= 4 is 62.5 Å². The molecular formula is C46H54F2N10O7S. The van der Waals surface area contributed by atoms with Gasteiger partial charge in [0.15, 0.2) is 11.6 Å². The Balaban J connectivity index is 0.859. The summed E-state index contributed by atoms with van der Waals surface area (Å²) >= 11 is 0. The molecule has 20 heteroatoms. The molecule has 350 valence electrons. The van der Waals surface area contributed by atoms with Crippen molar-refractivity contribution in [3.05, 3.63) is 89.1 Å².